The van der Waals surface area contributed by atoms with Crippen LogP contribution in [0, 0.1) is 11.8 Å². The first-order valence-corrected chi connectivity index (χ1v) is 6.91. The first-order chi connectivity index (χ1) is 7.65. The predicted octanol–water partition coefficient (Wildman–Crippen LogP) is 3.16. The lowest BCUT2D eigenvalue weighted by molar-refractivity contribution is -0.125. The first kappa shape index (κ1) is 13.7. The summed E-state index contributed by atoms with van der Waals surface area (Å²) in [6.45, 7) is 7.33. The summed E-state index contributed by atoms with van der Waals surface area (Å²) in [7, 11) is 0. The van der Waals surface area contributed by atoms with Crippen LogP contribution in [0.1, 0.15) is 59.3 Å². The summed E-state index contributed by atoms with van der Waals surface area (Å²) in [5, 5.41) is 3.33. The molecule has 2 heteroatoms. The fourth-order valence-corrected chi connectivity index (χ4v) is 2.79. The molecule has 94 valence electrons. The SMILES string of the molecule is CCC1CCCCC1C(=O)CCNC(C)C. The molecule has 0 amide bonds. The lowest BCUT2D eigenvalue weighted by Crippen LogP contribution is -2.31. The van der Waals surface area contributed by atoms with Crippen LogP contribution in [0.5, 0.6) is 0 Å². The molecule has 0 saturated heterocycles. The summed E-state index contributed by atoms with van der Waals surface area (Å²) in [6.07, 6.45) is 6.88. The molecule has 0 heterocycles. The number of hydrogen-bond donors (Lipinski definition) is 1. The Labute approximate surface area is 100 Å². The number of Topliss-reactive ketones (excluding diaryl/α,β-unsaturated/α-hetero) is 1. The Kier molecular flexibility index (Phi) is 6.04. The summed E-state index contributed by atoms with van der Waals surface area (Å²) in [6, 6.07) is 0.487. The molecule has 2 atom stereocenters. The van der Waals surface area contributed by atoms with Gasteiger partial charge in [0.25, 0.3) is 0 Å². The summed E-state index contributed by atoms with van der Waals surface area (Å²) >= 11 is 0. The quantitative estimate of drug-likeness (QED) is 0.752. The van der Waals surface area contributed by atoms with Gasteiger partial charge in [-0.15, -0.1) is 0 Å². The van der Waals surface area contributed by atoms with Crippen LogP contribution in [-0.4, -0.2) is 18.4 Å². The number of carbonyl (C=O) groups is 1. The number of rotatable bonds is 6. The van der Waals surface area contributed by atoms with Gasteiger partial charge in [0.05, 0.1) is 0 Å². The van der Waals surface area contributed by atoms with Crippen molar-refractivity contribution in [3.05, 3.63) is 0 Å². The van der Waals surface area contributed by atoms with Crippen molar-refractivity contribution < 1.29 is 4.79 Å². The van der Waals surface area contributed by atoms with Gasteiger partial charge < -0.3 is 5.32 Å². The topological polar surface area (TPSA) is 29.1 Å². The lowest BCUT2D eigenvalue weighted by Gasteiger charge is -2.29. The molecule has 1 saturated carbocycles. The van der Waals surface area contributed by atoms with Crippen molar-refractivity contribution in [1.82, 2.24) is 5.32 Å². The number of carbonyl (C=O) groups excluding carboxylic acids is 1. The summed E-state index contributed by atoms with van der Waals surface area (Å²) in [5.41, 5.74) is 0. The average molecular weight is 225 g/mol. The molecule has 0 aliphatic heterocycles. The van der Waals surface area contributed by atoms with E-state index < -0.39 is 0 Å². The molecule has 0 radical (unpaired) electrons. The molecule has 1 fully saturated rings. The fourth-order valence-electron chi connectivity index (χ4n) is 2.79. The van der Waals surface area contributed by atoms with E-state index in [0.29, 0.717) is 23.7 Å². The van der Waals surface area contributed by atoms with Crippen LogP contribution in [0.4, 0.5) is 0 Å². The van der Waals surface area contributed by atoms with Crippen molar-refractivity contribution >= 4 is 5.78 Å². The fraction of sp³-hybridized carbons (Fsp3) is 0.929. The Morgan fingerprint density at radius 3 is 2.62 bits per heavy atom. The van der Waals surface area contributed by atoms with Gasteiger partial charge in [-0.05, 0) is 18.8 Å². The monoisotopic (exact) mass is 225 g/mol. The van der Waals surface area contributed by atoms with E-state index in [2.05, 4.69) is 26.1 Å². The third kappa shape index (κ3) is 4.25. The molecule has 0 aromatic carbocycles. The van der Waals surface area contributed by atoms with Crippen LogP contribution in [0.15, 0.2) is 0 Å². The highest BCUT2D eigenvalue weighted by Gasteiger charge is 2.28. The Morgan fingerprint density at radius 2 is 2.00 bits per heavy atom. The van der Waals surface area contributed by atoms with Crippen molar-refractivity contribution in [2.24, 2.45) is 11.8 Å². The largest absolute Gasteiger partial charge is 0.314 e. The summed E-state index contributed by atoms with van der Waals surface area (Å²) in [4.78, 5) is 12.1. The third-order valence-corrected chi connectivity index (χ3v) is 3.77. The van der Waals surface area contributed by atoms with E-state index in [9.17, 15) is 4.79 Å². The molecule has 16 heavy (non-hydrogen) atoms. The summed E-state index contributed by atoms with van der Waals surface area (Å²) in [5.74, 6) is 1.53. The summed E-state index contributed by atoms with van der Waals surface area (Å²) < 4.78 is 0. The minimum absolute atomic E-state index is 0.368. The van der Waals surface area contributed by atoms with Crippen molar-refractivity contribution in [2.45, 2.75) is 65.3 Å². The smallest absolute Gasteiger partial charge is 0.137 e. The van der Waals surface area contributed by atoms with Crippen molar-refractivity contribution in [2.75, 3.05) is 6.54 Å². The predicted molar refractivity (Wildman–Crippen MR) is 68.5 cm³/mol. The van der Waals surface area contributed by atoms with E-state index in [1.807, 2.05) is 0 Å². The second-order valence-electron chi connectivity index (χ2n) is 5.38. The Hall–Kier alpha value is -0.370. The lowest BCUT2D eigenvalue weighted by atomic mass is 9.75. The van der Waals surface area contributed by atoms with Crippen LogP contribution < -0.4 is 5.32 Å². The Morgan fingerprint density at radius 1 is 1.31 bits per heavy atom. The molecule has 1 N–H and O–H groups in total. The zero-order chi connectivity index (χ0) is 12.0. The van der Waals surface area contributed by atoms with Gasteiger partial charge in [-0.3, -0.25) is 4.79 Å². The van der Waals surface area contributed by atoms with Gasteiger partial charge in [-0.25, -0.2) is 0 Å². The van der Waals surface area contributed by atoms with Gasteiger partial charge >= 0.3 is 0 Å². The second-order valence-corrected chi connectivity index (χ2v) is 5.38. The van der Waals surface area contributed by atoms with Crippen LogP contribution in [0.2, 0.25) is 0 Å². The molecule has 2 nitrogen and oxygen atoms in total. The molecule has 1 aliphatic rings. The van der Waals surface area contributed by atoms with Gasteiger partial charge in [0, 0.05) is 24.9 Å². The molecule has 0 aromatic heterocycles. The molecular weight excluding hydrogens is 198 g/mol. The molecule has 1 rings (SSSR count). The second kappa shape index (κ2) is 7.05. The van der Waals surface area contributed by atoms with Crippen molar-refractivity contribution in [3.8, 4) is 0 Å². The van der Waals surface area contributed by atoms with Gasteiger partial charge in [0.15, 0.2) is 0 Å². The highest BCUT2D eigenvalue weighted by molar-refractivity contribution is 5.81. The van der Waals surface area contributed by atoms with Crippen LogP contribution in [0.3, 0.4) is 0 Å². The third-order valence-electron chi connectivity index (χ3n) is 3.77. The van der Waals surface area contributed by atoms with E-state index in [1.165, 1.54) is 25.7 Å². The highest BCUT2D eigenvalue weighted by Crippen LogP contribution is 2.33. The van der Waals surface area contributed by atoms with E-state index in [0.717, 1.165) is 19.4 Å². The molecule has 0 spiro atoms. The van der Waals surface area contributed by atoms with E-state index >= 15 is 0 Å². The van der Waals surface area contributed by atoms with Gasteiger partial charge in [-0.1, -0.05) is 40.0 Å². The highest BCUT2D eigenvalue weighted by atomic mass is 16.1. The number of nitrogens with one attached hydrogen (secondary N) is 1. The minimum Gasteiger partial charge on any atom is -0.314 e. The van der Waals surface area contributed by atoms with Crippen molar-refractivity contribution in [3.63, 3.8) is 0 Å². The van der Waals surface area contributed by atoms with E-state index in [-0.39, 0.29) is 0 Å². The van der Waals surface area contributed by atoms with Crippen LogP contribution in [-0.2, 0) is 4.79 Å². The van der Waals surface area contributed by atoms with Gasteiger partial charge in [-0.2, -0.15) is 0 Å². The number of ketones is 1. The Bertz CT molecular complexity index is 213. The molecule has 0 aromatic rings. The van der Waals surface area contributed by atoms with Gasteiger partial charge in [0.2, 0.25) is 0 Å². The molecule has 2 unspecified atom stereocenters. The van der Waals surface area contributed by atoms with E-state index in [1.54, 1.807) is 0 Å². The molecule has 1 aliphatic carbocycles. The van der Waals surface area contributed by atoms with Crippen LogP contribution in [0.25, 0.3) is 0 Å². The average Bonchev–Trinajstić information content (AvgIpc) is 2.28. The zero-order valence-electron chi connectivity index (χ0n) is 11.1. The molecular formula is C14H27NO. The molecule has 0 bridgehead atoms. The van der Waals surface area contributed by atoms with E-state index in [4.69, 9.17) is 0 Å². The van der Waals surface area contributed by atoms with Crippen LogP contribution >= 0.6 is 0 Å². The zero-order valence-corrected chi connectivity index (χ0v) is 11.1. The normalized spacial score (nSPS) is 26.0. The minimum atomic E-state index is 0.368. The number of hydrogen-bond acceptors (Lipinski definition) is 2. The Balaban J connectivity index is 2.33. The van der Waals surface area contributed by atoms with Gasteiger partial charge in [0.1, 0.15) is 5.78 Å². The first-order valence-electron chi connectivity index (χ1n) is 6.91. The maximum absolute atomic E-state index is 12.1. The standard InChI is InChI=1S/C14H27NO/c1-4-12-7-5-6-8-13(12)14(16)9-10-15-11(2)3/h11-13,15H,4-10H2,1-3H3. The maximum atomic E-state index is 12.1. The van der Waals surface area contributed by atoms with Crippen molar-refractivity contribution in [1.29, 1.82) is 0 Å². The maximum Gasteiger partial charge on any atom is 0.137 e.